The number of ketones is 1. The summed E-state index contributed by atoms with van der Waals surface area (Å²) in [5.74, 6) is 0.162. The van der Waals surface area contributed by atoms with Gasteiger partial charge in [0.1, 0.15) is 0 Å². The summed E-state index contributed by atoms with van der Waals surface area (Å²) in [6.45, 7) is 5.58. The van der Waals surface area contributed by atoms with Crippen LogP contribution in [0.3, 0.4) is 0 Å². The van der Waals surface area contributed by atoms with E-state index in [0.717, 1.165) is 56.9 Å². The standard InChI is InChI=1S/C38H34Cl2N2O/c1-38(2)22-33(41-24-26-13-17-30(39)18-14-26)36(35(43)23-38)32-21-34(28-9-5-3-6-10-28)42(25-27-15-19-31(40)20-16-27)37(32)29-11-7-4-8-12-29/h3-21,41H,22-25H2,1-2H3. The van der Waals surface area contributed by atoms with Crippen molar-refractivity contribution in [3.05, 3.63) is 148 Å². The van der Waals surface area contributed by atoms with E-state index in [0.29, 0.717) is 29.6 Å². The monoisotopic (exact) mass is 604 g/mol. The molecule has 1 aliphatic carbocycles. The Hall–Kier alpha value is -4.05. The minimum Gasteiger partial charge on any atom is -0.384 e. The maximum Gasteiger partial charge on any atom is 0.165 e. The molecule has 0 unspecified atom stereocenters. The topological polar surface area (TPSA) is 34.0 Å². The van der Waals surface area contributed by atoms with Gasteiger partial charge in [-0.1, -0.05) is 122 Å². The average Bonchev–Trinajstić information content (AvgIpc) is 3.36. The summed E-state index contributed by atoms with van der Waals surface area (Å²) in [4.78, 5) is 14.2. The molecule has 43 heavy (non-hydrogen) atoms. The molecule has 5 heteroatoms. The number of aromatic nitrogens is 1. The number of rotatable bonds is 8. The van der Waals surface area contributed by atoms with E-state index in [4.69, 9.17) is 23.2 Å². The van der Waals surface area contributed by atoms with Crippen LogP contribution in [0.15, 0.2) is 121 Å². The van der Waals surface area contributed by atoms with Gasteiger partial charge >= 0.3 is 0 Å². The molecule has 0 aliphatic heterocycles. The van der Waals surface area contributed by atoms with Gasteiger partial charge in [0.15, 0.2) is 5.78 Å². The zero-order valence-corrected chi connectivity index (χ0v) is 25.9. The number of carbonyl (C=O) groups excluding carboxylic acids is 1. The Balaban J connectivity index is 1.58. The number of benzene rings is 4. The van der Waals surface area contributed by atoms with E-state index in [9.17, 15) is 4.79 Å². The summed E-state index contributed by atoms with van der Waals surface area (Å²) in [5.41, 5.74) is 9.07. The van der Waals surface area contributed by atoms with Crippen LogP contribution in [0.5, 0.6) is 0 Å². The van der Waals surface area contributed by atoms with Gasteiger partial charge in [0, 0.05) is 52.1 Å². The van der Waals surface area contributed by atoms with Crippen molar-refractivity contribution < 1.29 is 4.79 Å². The fraction of sp³-hybridized carbons (Fsp3) is 0.184. The van der Waals surface area contributed by atoms with Crippen molar-refractivity contribution in [1.82, 2.24) is 9.88 Å². The molecule has 1 aliphatic rings. The third-order valence-electron chi connectivity index (χ3n) is 8.03. The number of hydrogen-bond acceptors (Lipinski definition) is 2. The van der Waals surface area contributed by atoms with Gasteiger partial charge in [-0.3, -0.25) is 4.79 Å². The maximum absolute atomic E-state index is 14.2. The Morgan fingerprint density at radius 1 is 0.721 bits per heavy atom. The van der Waals surface area contributed by atoms with Gasteiger partial charge in [-0.15, -0.1) is 0 Å². The Morgan fingerprint density at radius 3 is 1.88 bits per heavy atom. The molecule has 5 aromatic rings. The van der Waals surface area contributed by atoms with Crippen molar-refractivity contribution in [2.24, 2.45) is 5.41 Å². The molecule has 0 saturated carbocycles. The number of Topliss-reactive ketones (excluding diaryl/α,β-unsaturated/α-hetero) is 1. The lowest BCUT2D eigenvalue weighted by Gasteiger charge is -2.33. The number of allylic oxidation sites excluding steroid dienone is 2. The number of carbonyl (C=O) groups is 1. The molecule has 216 valence electrons. The van der Waals surface area contributed by atoms with E-state index in [1.807, 2.05) is 48.5 Å². The average molecular weight is 606 g/mol. The second kappa shape index (κ2) is 12.3. The minimum absolute atomic E-state index is 0.149. The van der Waals surface area contributed by atoms with Crippen LogP contribution < -0.4 is 5.32 Å². The molecule has 1 N–H and O–H groups in total. The summed E-state index contributed by atoms with van der Waals surface area (Å²) in [6.07, 6.45) is 1.27. The predicted molar refractivity (Wildman–Crippen MR) is 179 cm³/mol. The van der Waals surface area contributed by atoms with Crippen molar-refractivity contribution in [2.75, 3.05) is 0 Å². The minimum atomic E-state index is -0.149. The molecule has 0 saturated heterocycles. The smallest absolute Gasteiger partial charge is 0.165 e. The van der Waals surface area contributed by atoms with Crippen LogP contribution in [-0.2, 0) is 17.9 Å². The number of nitrogens with zero attached hydrogens (tertiary/aromatic N) is 1. The van der Waals surface area contributed by atoms with Crippen LogP contribution in [0, 0.1) is 5.41 Å². The molecule has 0 spiro atoms. The van der Waals surface area contributed by atoms with E-state index < -0.39 is 0 Å². The second-order valence-electron chi connectivity index (χ2n) is 12.0. The Morgan fingerprint density at radius 2 is 1.28 bits per heavy atom. The lowest BCUT2D eigenvalue weighted by molar-refractivity contribution is -0.116. The highest BCUT2D eigenvalue weighted by Crippen LogP contribution is 2.44. The number of hydrogen-bond donors (Lipinski definition) is 1. The molecule has 0 amide bonds. The van der Waals surface area contributed by atoms with Gasteiger partial charge in [-0.05, 0) is 64.4 Å². The van der Waals surface area contributed by atoms with Crippen molar-refractivity contribution >= 4 is 34.6 Å². The molecular weight excluding hydrogens is 571 g/mol. The molecule has 4 aromatic carbocycles. The first-order chi connectivity index (χ1) is 20.8. The molecular formula is C38H34Cl2N2O. The summed E-state index contributed by atoms with van der Waals surface area (Å²) in [7, 11) is 0. The molecule has 1 heterocycles. The van der Waals surface area contributed by atoms with Crippen LogP contribution in [0.4, 0.5) is 0 Å². The number of nitrogens with one attached hydrogen (secondary N) is 1. The van der Waals surface area contributed by atoms with Crippen molar-refractivity contribution in [1.29, 1.82) is 0 Å². The van der Waals surface area contributed by atoms with Gasteiger partial charge in [-0.2, -0.15) is 0 Å². The largest absolute Gasteiger partial charge is 0.384 e. The normalized spacial score (nSPS) is 14.7. The lowest BCUT2D eigenvalue weighted by Crippen LogP contribution is -2.30. The van der Waals surface area contributed by atoms with Gasteiger partial charge in [0.05, 0.1) is 5.69 Å². The molecule has 0 bridgehead atoms. The summed E-state index contributed by atoms with van der Waals surface area (Å²) in [6, 6.07) is 38.9. The Kier molecular flexibility index (Phi) is 8.30. The van der Waals surface area contributed by atoms with Gasteiger partial charge < -0.3 is 9.88 Å². The predicted octanol–water partition coefficient (Wildman–Crippen LogP) is 10.1. The van der Waals surface area contributed by atoms with Crippen molar-refractivity contribution in [3.8, 4) is 22.5 Å². The Bertz CT molecular complexity index is 1770. The van der Waals surface area contributed by atoms with Gasteiger partial charge in [0.2, 0.25) is 0 Å². The van der Waals surface area contributed by atoms with Gasteiger partial charge in [0.25, 0.3) is 0 Å². The summed E-state index contributed by atoms with van der Waals surface area (Å²) in [5, 5.41) is 5.10. The second-order valence-corrected chi connectivity index (χ2v) is 12.9. The molecule has 3 nitrogen and oxygen atoms in total. The highest BCUT2D eigenvalue weighted by atomic mass is 35.5. The van der Waals surface area contributed by atoms with Gasteiger partial charge in [-0.25, -0.2) is 0 Å². The Labute approximate surface area is 263 Å². The first-order valence-corrected chi connectivity index (χ1v) is 15.4. The molecule has 6 rings (SSSR count). The van der Waals surface area contributed by atoms with E-state index in [1.165, 1.54) is 0 Å². The fourth-order valence-electron chi connectivity index (χ4n) is 6.03. The first-order valence-electron chi connectivity index (χ1n) is 14.6. The SMILES string of the molecule is CC1(C)CC(=O)C(c2cc(-c3ccccc3)n(Cc3ccc(Cl)cc3)c2-c2ccccc2)=C(NCc2ccc(Cl)cc2)C1. The van der Waals surface area contributed by atoms with Crippen LogP contribution in [0.25, 0.3) is 28.1 Å². The van der Waals surface area contributed by atoms with Crippen LogP contribution in [-0.4, -0.2) is 10.4 Å². The van der Waals surface area contributed by atoms with Crippen LogP contribution in [0.1, 0.15) is 43.4 Å². The highest BCUT2D eigenvalue weighted by Gasteiger charge is 2.36. The zero-order chi connectivity index (χ0) is 30.0. The van der Waals surface area contributed by atoms with Crippen molar-refractivity contribution in [2.45, 2.75) is 39.8 Å². The lowest BCUT2D eigenvalue weighted by atomic mass is 9.74. The van der Waals surface area contributed by atoms with E-state index in [1.54, 1.807) is 0 Å². The van der Waals surface area contributed by atoms with E-state index in [2.05, 4.69) is 90.5 Å². The van der Waals surface area contributed by atoms with Crippen molar-refractivity contribution in [3.63, 3.8) is 0 Å². The maximum atomic E-state index is 14.2. The first kappa shape index (κ1) is 29.0. The highest BCUT2D eigenvalue weighted by molar-refractivity contribution is 6.30. The third kappa shape index (κ3) is 6.49. The third-order valence-corrected chi connectivity index (χ3v) is 8.54. The molecule has 0 radical (unpaired) electrons. The van der Waals surface area contributed by atoms with Crippen LogP contribution >= 0.6 is 23.2 Å². The molecule has 1 aromatic heterocycles. The quantitative estimate of drug-likeness (QED) is 0.191. The zero-order valence-electron chi connectivity index (χ0n) is 24.4. The number of halogens is 2. The van der Waals surface area contributed by atoms with E-state index >= 15 is 0 Å². The van der Waals surface area contributed by atoms with E-state index in [-0.39, 0.29) is 11.2 Å². The fourth-order valence-corrected chi connectivity index (χ4v) is 6.28. The summed E-state index contributed by atoms with van der Waals surface area (Å²) >= 11 is 12.4. The summed E-state index contributed by atoms with van der Waals surface area (Å²) < 4.78 is 2.35. The van der Waals surface area contributed by atoms with Crippen LogP contribution in [0.2, 0.25) is 10.0 Å². The molecule has 0 fully saturated rings. The molecule has 0 atom stereocenters.